The van der Waals surface area contributed by atoms with Crippen LogP contribution in [0.15, 0.2) is 0 Å². The van der Waals surface area contributed by atoms with E-state index in [-0.39, 0.29) is 0 Å². The van der Waals surface area contributed by atoms with Crippen LogP contribution >= 0.6 is 24.0 Å². The van der Waals surface area contributed by atoms with Crippen molar-refractivity contribution in [1.82, 2.24) is 10.6 Å². The Bertz CT molecular complexity index is 244. The van der Waals surface area contributed by atoms with Crippen molar-refractivity contribution in [2.75, 3.05) is 6.26 Å². The van der Waals surface area contributed by atoms with E-state index < -0.39 is 0 Å². The smallest absolute Gasteiger partial charge is 0.166 e. The van der Waals surface area contributed by atoms with Gasteiger partial charge in [-0.3, -0.25) is 0 Å². The molecule has 0 amide bonds. The topological polar surface area (TPSA) is 24.1 Å². The van der Waals surface area contributed by atoms with Crippen LogP contribution in [-0.4, -0.2) is 28.7 Å². The monoisotopic (exact) mass is 272 g/mol. The standard InChI is InChI=1S/C13H24N2S2/c1-17-12-8-6-11(7-9-12)15-13(16)14-10-4-2-3-5-10/h10-12H,2-9H2,1H3,(H2,14,15,16). The van der Waals surface area contributed by atoms with E-state index in [9.17, 15) is 0 Å². The van der Waals surface area contributed by atoms with Crippen LogP contribution in [0.3, 0.4) is 0 Å². The third kappa shape index (κ3) is 4.32. The second-order valence-electron chi connectivity index (χ2n) is 5.31. The van der Waals surface area contributed by atoms with Gasteiger partial charge in [-0.15, -0.1) is 0 Å². The zero-order valence-electron chi connectivity index (χ0n) is 10.7. The van der Waals surface area contributed by atoms with Gasteiger partial charge >= 0.3 is 0 Å². The molecule has 0 atom stereocenters. The van der Waals surface area contributed by atoms with Crippen molar-refractivity contribution in [3.8, 4) is 0 Å². The van der Waals surface area contributed by atoms with Gasteiger partial charge in [0.2, 0.25) is 0 Å². The van der Waals surface area contributed by atoms with Crippen molar-refractivity contribution in [3.63, 3.8) is 0 Å². The van der Waals surface area contributed by atoms with Crippen LogP contribution in [0.2, 0.25) is 0 Å². The summed E-state index contributed by atoms with van der Waals surface area (Å²) in [7, 11) is 0. The van der Waals surface area contributed by atoms with E-state index in [1.54, 1.807) is 0 Å². The summed E-state index contributed by atoms with van der Waals surface area (Å²) in [5, 5.41) is 8.74. The number of thiocarbonyl (C=S) groups is 1. The molecular formula is C13H24N2S2. The Balaban J connectivity index is 1.65. The summed E-state index contributed by atoms with van der Waals surface area (Å²) in [6.45, 7) is 0. The predicted octanol–water partition coefficient (Wildman–Crippen LogP) is 3.07. The Morgan fingerprint density at radius 1 is 0.941 bits per heavy atom. The third-order valence-corrected chi connectivity index (χ3v) is 5.41. The van der Waals surface area contributed by atoms with Crippen LogP contribution in [0.5, 0.6) is 0 Å². The summed E-state index contributed by atoms with van der Waals surface area (Å²) in [5.41, 5.74) is 0. The molecule has 98 valence electrons. The lowest BCUT2D eigenvalue weighted by Gasteiger charge is -2.29. The van der Waals surface area contributed by atoms with Crippen LogP contribution in [-0.2, 0) is 0 Å². The highest BCUT2D eigenvalue weighted by molar-refractivity contribution is 7.99. The molecule has 0 aromatic rings. The lowest BCUT2D eigenvalue weighted by molar-refractivity contribution is 0.418. The Morgan fingerprint density at radius 3 is 2.00 bits per heavy atom. The molecule has 2 aliphatic rings. The second kappa shape index (κ2) is 6.83. The molecule has 2 rings (SSSR count). The molecule has 0 saturated heterocycles. The van der Waals surface area contributed by atoms with Crippen molar-refractivity contribution in [2.45, 2.75) is 68.7 Å². The fraction of sp³-hybridized carbons (Fsp3) is 0.923. The first-order chi connectivity index (χ1) is 8.28. The van der Waals surface area contributed by atoms with Gasteiger partial charge in [-0.05, 0) is 57.0 Å². The molecule has 0 aromatic carbocycles. The van der Waals surface area contributed by atoms with Crippen LogP contribution in [0.25, 0.3) is 0 Å². The normalized spacial score (nSPS) is 30.2. The van der Waals surface area contributed by atoms with E-state index in [1.807, 2.05) is 11.8 Å². The minimum Gasteiger partial charge on any atom is -0.360 e. The molecule has 2 nitrogen and oxygen atoms in total. The first kappa shape index (κ1) is 13.5. The summed E-state index contributed by atoms with van der Waals surface area (Å²) >= 11 is 7.42. The highest BCUT2D eigenvalue weighted by Crippen LogP contribution is 2.26. The van der Waals surface area contributed by atoms with Gasteiger partial charge in [0.15, 0.2) is 5.11 Å². The average Bonchev–Trinajstić information content (AvgIpc) is 2.82. The van der Waals surface area contributed by atoms with Gasteiger partial charge in [0.05, 0.1) is 0 Å². The number of hydrogen-bond donors (Lipinski definition) is 2. The zero-order chi connectivity index (χ0) is 12.1. The third-order valence-electron chi connectivity index (χ3n) is 4.03. The van der Waals surface area contributed by atoms with Gasteiger partial charge in [-0.2, -0.15) is 11.8 Å². The maximum absolute atomic E-state index is 5.40. The van der Waals surface area contributed by atoms with Crippen molar-refractivity contribution < 1.29 is 0 Å². The molecular weight excluding hydrogens is 248 g/mol. The minimum absolute atomic E-state index is 0.611. The minimum atomic E-state index is 0.611. The number of thioether (sulfide) groups is 1. The molecule has 4 heteroatoms. The fourth-order valence-electron chi connectivity index (χ4n) is 2.93. The molecule has 0 unspecified atom stereocenters. The molecule has 2 fully saturated rings. The molecule has 0 bridgehead atoms. The number of rotatable bonds is 3. The van der Waals surface area contributed by atoms with E-state index in [0.717, 1.165) is 10.4 Å². The molecule has 17 heavy (non-hydrogen) atoms. The first-order valence-electron chi connectivity index (χ1n) is 6.87. The van der Waals surface area contributed by atoms with Gasteiger partial charge < -0.3 is 10.6 Å². The molecule has 2 saturated carbocycles. The Hall–Kier alpha value is 0.0400. The summed E-state index contributed by atoms with van der Waals surface area (Å²) in [6, 6.07) is 1.25. The van der Waals surface area contributed by atoms with Crippen LogP contribution in [0, 0.1) is 0 Å². The largest absolute Gasteiger partial charge is 0.360 e. The lowest BCUT2D eigenvalue weighted by Crippen LogP contribution is -2.46. The average molecular weight is 272 g/mol. The molecule has 2 N–H and O–H groups in total. The van der Waals surface area contributed by atoms with Crippen molar-refractivity contribution in [1.29, 1.82) is 0 Å². The zero-order valence-corrected chi connectivity index (χ0v) is 12.3. The summed E-state index contributed by atoms with van der Waals surface area (Å²) in [5.74, 6) is 0. The number of hydrogen-bond acceptors (Lipinski definition) is 2. The highest BCUT2D eigenvalue weighted by Gasteiger charge is 2.22. The Labute approximate surface area is 115 Å². The van der Waals surface area contributed by atoms with Crippen LogP contribution < -0.4 is 10.6 Å². The SMILES string of the molecule is CSC1CCC(NC(=S)NC2CCCC2)CC1. The maximum Gasteiger partial charge on any atom is 0.166 e. The van der Waals surface area contributed by atoms with Crippen LogP contribution in [0.1, 0.15) is 51.4 Å². The van der Waals surface area contributed by atoms with E-state index in [2.05, 4.69) is 16.9 Å². The van der Waals surface area contributed by atoms with Gasteiger partial charge in [0.1, 0.15) is 0 Å². The van der Waals surface area contributed by atoms with Gasteiger partial charge in [0.25, 0.3) is 0 Å². The molecule has 0 heterocycles. The highest BCUT2D eigenvalue weighted by atomic mass is 32.2. The molecule has 0 radical (unpaired) electrons. The summed E-state index contributed by atoms with van der Waals surface area (Å²) in [4.78, 5) is 0. The number of nitrogens with one attached hydrogen (secondary N) is 2. The van der Waals surface area contributed by atoms with E-state index in [4.69, 9.17) is 12.2 Å². The first-order valence-corrected chi connectivity index (χ1v) is 8.57. The summed E-state index contributed by atoms with van der Waals surface area (Å²) < 4.78 is 0. The van der Waals surface area contributed by atoms with E-state index >= 15 is 0 Å². The summed E-state index contributed by atoms with van der Waals surface area (Å²) in [6.07, 6.45) is 12.8. The van der Waals surface area contributed by atoms with Crippen molar-refractivity contribution in [2.24, 2.45) is 0 Å². The maximum atomic E-state index is 5.40. The van der Waals surface area contributed by atoms with E-state index in [0.29, 0.717) is 12.1 Å². The quantitative estimate of drug-likeness (QED) is 0.771. The molecule has 0 aliphatic heterocycles. The van der Waals surface area contributed by atoms with E-state index in [1.165, 1.54) is 51.4 Å². The molecule has 0 spiro atoms. The lowest BCUT2D eigenvalue weighted by atomic mass is 9.95. The van der Waals surface area contributed by atoms with Crippen molar-refractivity contribution in [3.05, 3.63) is 0 Å². The van der Waals surface area contributed by atoms with Gasteiger partial charge in [0, 0.05) is 17.3 Å². The Kier molecular flexibility index (Phi) is 5.42. The molecule has 2 aliphatic carbocycles. The predicted molar refractivity (Wildman–Crippen MR) is 80.7 cm³/mol. The Morgan fingerprint density at radius 2 is 1.47 bits per heavy atom. The van der Waals surface area contributed by atoms with Crippen molar-refractivity contribution >= 4 is 29.1 Å². The van der Waals surface area contributed by atoms with Crippen LogP contribution in [0.4, 0.5) is 0 Å². The second-order valence-corrected chi connectivity index (χ2v) is 6.85. The fourth-order valence-corrected chi connectivity index (χ4v) is 4.00. The van der Waals surface area contributed by atoms with Gasteiger partial charge in [-0.25, -0.2) is 0 Å². The molecule has 0 aromatic heterocycles. The van der Waals surface area contributed by atoms with Gasteiger partial charge in [-0.1, -0.05) is 12.8 Å².